The smallest absolute Gasteiger partial charge is 0.249 e. The van der Waals surface area contributed by atoms with Crippen LogP contribution in [0.2, 0.25) is 0 Å². The van der Waals surface area contributed by atoms with Gasteiger partial charge in [0.25, 0.3) is 0 Å². The fourth-order valence-corrected chi connectivity index (χ4v) is 2.72. The van der Waals surface area contributed by atoms with Gasteiger partial charge in [-0.3, -0.25) is 0 Å². The fourth-order valence-electron chi connectivity index (χ4n) is 2.72. The zero-order chi connectivity index (χ0) is 17.2. The molecule has 3 rings (SSSR count). The van der Waals surface area contributed by atoms with E-state index in [0.29, 0.717) is 5.95 Å². The van der Waals surface area contributed by atoms with Crippen molar-refractivity contribution in [3.63, 3.8) is 0 Å². The average molecular weight is 326 g/mol. The Hall–Kier alpha value is -2.21. The molecule has 0 amide bonds. The van der Waals surface area contributed by atoms with E-state index < -0.39 is 0 Å². The van der Waals surface area contributed by atoms with Crippen LogP contribution in [0, 0.1) is 0 Å². The topological polar surface area (TPSA) is 57.2 Å². The Balaban J connectivity index is 1.70. The number of benzene rings is 1. The van der Waals surface area contributed by atoms with Crippen LogP contribution in [0.15, 0.2) is 30.5 Å². The van der Waals surface area contributed by atoms with Gasteiger partial charge in [0.1, 0.15) is 0 Å². The van der Waals surface area contributed by atoms with Gasteiger partial charge in [-0.1, -0.05) is 32.9 Å². The largest absolute Gasteiger partial charge is 0.353 e. The van der Waals surface area contributed by atoms with Crippen molar-refractivity contribution in [3.05, 3.63) is 36.0 Å². The zero-order valence-corrected chi connectivity index (χ0v) is 15.0. The van der Waals surface area contributed by atoms with Crippen molar-refractivity contribution in [1.29, 1.82) is 0 Å². The molecule has 1 aromatic carbocycles. The minimum absolute atomic E-state index is 0.151. The summed E-state index contributed by atoms with van der Waals surface area (Å²) in [6.45, 7) is 10.7. The maximum absolute atomic E-state index is 4.61. The lowest BCUT2D eigenvalue weighted by atomic mass is 9.87. The summed E-state index contributed by atoms with van der Waals surface area (Å²) >= 11 is 0. The van der Waals surface area contributed by atoms with Gasteiger partial charge >= 0.3 is 0 Å². The standard InChI is InChI=1S/C18H26N6/c1-18(2,3)14-5-7-15(8-6-14)20-17-21-16(13-19-22-17)24-11-9-23(4)10-12-24/h5-8,13H,9-12H2,1-4H3,(H,20,21,22). The second-order valence-electron chi connectivity index (χ2n) is 7.38. The molecular weight excluding hydrogens is 300 g/mol. The van der Waals surface area contributed by atoms with Crippen LogP contribution in [0.5, 0.6) is 0 Å². The molecule has 0 bridgehead atoms. The maximum atomic E-state index is 4.61. The first-order valence-electron chi connectivity index (χ1n) is 8.42. The predicted molar refractivity (Wildman–Crippen MR) is 98.0 cm³/mol. The lowest BCUT2D eigenvalue weighted by Crippen LogP contribution is -2.44. The molecule has 2 heterocycles. The van der Waals surface area contributed by atoms with E-state index in [9.17, 15) is 0 Å². The van der Waals surface area contributed by atoms with Gasteiger partial charge in [-0.15, -0.1) is 5.10 Å². The van der Waals surface area contributed by atoms with Gasteiger partial charge < -0.3 is 15.1 Å². The maximum Gasteiger partial charge on any atom is 0.249 e. The van der Waals surface area contributed by atoms with Crippen molar-refractivity contribution >= 4 is 17.5 Å². The molecule has 2 aromatic rings. The van der Waals surface area contributed by atoms with Crippen LogP contribution in [-0.4, -0.2) is 53.3 Å². The first kappa shape index (κ1) is 16.6. The quantitative estimate of drug-likeness (QED) is 0.936. The molecule has 1 aliphatic rings. The lowest BCUT2D eigenvalue weighted by molar-refractivity contribution is 0.312. The summed E-state index contributed by atoms with van der Waals surface area (Å²) in [6, 6.07) is 8.40. The number of nitrogens with one attached hydrogen (secondary N) is 1. The zero-order valence-electron chi connectivity index (χ0n) is 15.0. The number of rotatable bonds is 3. The highest BCUT2D eigenvalue weighted by molar-refractivity contribution is 5.55. The molecule has 1 fully saturated rings. The van der Waals surface area contributed by atoms with E-state index in [1.807, 2.05) is 0 Å². The Morgan fingerprint density at radius 2 is 1.67 bits per heavy atom. The monoisotopic (exact) mass is 326 g/mol. The summed E-state index contributed by atoms with van der Waals surface area (Å²) in [5.41, 5.74) is 2.43. The van der Waals surface area contributed by atoms with Crippen molar-refractivity contribution in [1.82, 2.24) is 20.1 Å². The van der Waals surface area contributed by atoms with Crippen LogP contribution < -0.4 is 10.2 Å². The molecule has 0 atom stereocenters. The Labute approximate surface area is 143 Å². The molecular formula is C18H26N6. The van der Waals surface area contributed by atoms with Crippen molar-refractivity contribution in [2.45, 2.75) is 26.2 Å². The van der Waals surface area contributed by atoms with Crippen molar-refractivity contribution in [3.8, 4) is 0 Å². The Bertz CT molecular complexity index is 669. The Morgan fingerprint density at radius 1 is 1.00 bits per heavy atom. The number of anilines is 3. The SMILES string of the molecule is CN1CCN(c2cnnc(Nc3ccc(C(C)(C)C)cc3)n2)CC1. The molecule has 0 unspecified atom stereocenters. The third kappa shape index (κ3) is 4.00. The fraction of sp³-hybridized carbons (Fsp3) is 0.500. The van der Waals surface area contributed by atoms with Crippen LogP contribution in [0.3, 0.4) is 0 Å². The molecule has 1 aromatic heterocycles. The van der Waals surface area contributed by atoms with Gasteiger partial charge in [-0.25, -0.2) is 0 Å². The van der Waals surface area contributed by atoms with E-state index in [1.165, 1.54) is 5.56 Å². The molecule has 1 aliphatic heterocycles. The van der Waals surface area contributed by atoms with Crippen LogP contribution in [-0.2, 0) is 5.41 Å². The van der Waals surface area contributed by atoms with E-state index in [1.54, 1.807) is 6.20 Å². The number of hydrogen-bond donors (Lipinski definition) is 1. The van der Waals surface area contributed by atoms with Gasteiger partial charge in [-0.05, 0) is 30.2 Å². The summed E-state index contributed by atoms with van der Waals surface area (Å²) in [5.74, 6) is 1.42. The molecule has 0 spiro atoms. The highest BCUT2D eigenvalue weighted by Crippen LogP contribution is 2.24. The summed E-state index contributed by atoms with van der Waals surface area (Å²) in [7, 11) is 2.14. The van der Waals surface area contributed by atoms with Crippen LogP contribution >= 0.6 is 0 Å². The van der Waals surface area contributed by atoms with Crippen molar-refractivity contribution in [2.75, 3.05) is 43.4 Å². The molecule has 1 saturated heterocycles. The van der Waals surface area contributed by atoms with Gasteiger partial charge in [0.05, 0.1) is 6.20 Å². The minimum Gasteiger partial charge on any atom is -0.353 e. The number of likely N-dealkylation sites (N-methyl/N-ethyl adjacent to an activating group) is 1. The lowest BCUT2D eigenvalue weighted by Gasteiger charge is -2.32. The number of aromatic nitrogens is 3. The molecule has 24 heavy (non-hydrogen) atoms. The summed E-state index contributed by atoms with van der Waals surface area (Å²) in [5, 5.41) is 11.5. The minimum atomic E-state index is 0.151. The molecule has 1 N–H and O–H groups in total. The molecule has 0 aliphatic carbocycles. The highest BCUT2D eigenvalue weighted by Gasteiger charge is 2.16. The van der Waals surface area contributed by atoms with E-state index in [4.69, 9.17) is 0 Å². The second kappa shape index (κ2) is 6.73. The average Bonchev–Trinajstić information content (AvgIpc) is 2.55. The van der Waals surface area contributed by atoms with Crippen LogP contribution in [0.4, 0.5) is 17.5 Å². The molecule has 0 radical (unpaired) electrons. The van der Waals surface area contributed by atoms with Gasteiger partial charge in [0.15, 0.2) is 5.82 Å². The van der Waals surface area contributed by atoms with E-state index in [-0.39, 0.29) is 5.41 Å². The van der Waals surface area contributed by atoms with E-state index in [2.05, 4.69) is 82.4 Å². The number of hydrogen-bond acceptors (Lipinski definition) is 6. The second-order valence-corrected chi connectivity index (χ2v) is 7.38. The van der Waals surface area contributed by atoms with E-state index >= 15 is 0 Å². The molecule has 0 saturated carbocycles. The summed E-state index contributed by atoms with van der Waals surface area (Å²) < 4.78 is 0. The number of nitrogens with zero attached hydrogens (tertiary/aromatic N) is 5. The first-order valence-corrected chi connectivity index (χ1v) is 8.42. The van der Waals surface area contributed by atoms with Gasteiger partial charge in [0, 0.05) is 31.9 Å². The summed E-state index contributed by atoms with van der Waals surface area (Å²) in [4.78, 5) is 9.18. The predicted octanol–water partition coefficient (Wildman–Crippen LogP) is 2.66. The van der Waals surface area contributed by atoms with Crippen molar-refractivity contribution < 1.29 is 0 Å². The van der Waals surface area contributed by atoms with Crippen molar-refractivity contribution in [2.24, 2.45) is 0 Å². The van der Waals surface area contributed by atoms with Crippen LogP contribution in [0.25, 0.3) is 0 Å². The third-order valence-corrected chi connectivity index (χ3v) is 4.38. The first-order chi connectivity index (χ1) is 11.4. The highest BCUT2D eigenvalue weighted by atomic mass is 15.3. The Morgan fingerprint density at radius 3 is 2.29 bits per heavy atom. The van der Waals surface area contributed by atoms with E-state index in [0.717, 1.165) is 37.7 Å². The molecule has 6 heteroatoms. The number of piperazine rings is 1. The van der Waals surface area contributed by atoms with Gasteiger partial charge in [-0.2, -0.15) is 10.1 Å². The normalized spacial score (nSPS) is 16.2. The third-order valence-electron chi connectivity index (χ3n) is 4.38. The Kier molecular flexibility index (Phi) is 4.66. The van der Waals surface area contributed by atoms with Gasteiger partial charge in [0.2, 0.25) is 5.95 Å². The molecule has 6 nitrogen and oxygen atoms in total. The van der Waals surface area contributed by atoms with Crippen LogP contribution in [0.1, 0.15) is 26.3 Å². The molecule has 128 valence electrons. The summed E-state index contributed by atoms with van der Waals surface area (Å²) in [6.07, 6.45) is 1.74.